The summed E-state index contributed by atoms with van der Waals surface area (Å²) in [6, 6.07) is 12.3. The van der Waals surface area contributed by atoms with Crippen LogP contribution in [0.1, 0.15) is 30.0 Å². The number of anilines is 2. The lowest BCUT2D eigenvalue weighted by molar-refractivity contribution is 0.465. The van der Waals surface area contributed by atoms with Gasteiger partial charge in [0.2, 0.25) is 0 Å². The van der Waals surface area contributed by atoms with Crippen molar-refractivity contribution in [2.75, 3.05) is 23.7 Å². The highest BCUT2D eigenvalue weighted by Gasteiger charge is 2.36. The number of nitrogens with two attached hydrogens (primary N) is 1. The number of nitrogens with zero attached hydrogens (tertiary/aromatic N) is 5. The van der Waals surface area contributed by atoms with Gasteiger partial charge in [0.1, 0.15) is 17.5 Å². The number of nitrogen functional groups attached to an aromatic ring is 1. The van der Waals surface area contributed by atoms with E-state index in [4.69, 9.17) is 5.73 Å². The summed E-state index contributed by atoms with van der Waals surface area (Å²) < 4.78 is 1.82. The van der Waals surface area contributed by atoms with E-state index < -0.39 is 0 Å². The molecule has 1 aromatic carbocycles. The molecule has 0 spiro atoms. The van der Waals surface area contributed by atoms with Gasteiger partial charge in [-0.3, -0.25) is 0 Å². The van der Waals surface area contributed by atoms with Crippen LogP contribution in [-0.4, -0.2) is 27.9 Å². The molecule has 6 rings (SSSR count). The first-order valence-corrected chi connectivity index (χ1v) is 8.85. The number of piperidine rings is 1. The molecule has 0 amide bonds. The number of hydrogen-bond acceptors (Lipinski definition) is 5. The predicted octanol–water partition coefficient (Wildman–Crippen LogP) is 3.09. The molecule has 1 fully saturated rings. The van der Waals surface area contributed by atoms with Gasteiger partial charge >= 0.3 is 0 Å². The second kappa shape index (κ2) is 5.60. The van der Waals surface area contributed by atoms with Gasteiger partial charge < -0.3 is 10.6 Å². The molecule has 2 bridgehead atoms. The van der Waals surface area contributed by atoms with Crippen LogP contribution in [-0.2, 0) is 0 Å². The zero-order chi connectivity index (χ0) is 17.7. The van der Waals surface area contributed by atoms with Gasteiger partial charge in [-0.25, -0.2) is 9.67 Å². The third-order valence-electron chi connectivity index (χ3n) is 5.46. The fourth-order valence-corrected chi connectivity index (χ4v) is 4.19. The summed E-state index contributed by atoms with van der Waals surface area (Å²) in [5.74, 6) is 0.790. The maximum atomic E-state index is 9.73. The van der Waals surface area contributed by atoms with Gasteiger partial charge in [-0.2, -0.15) is 10.4 Å². The second-order valence-corrected chi connectivity index (χ2v) is 6.85. The minimum Gasteiger partial charge on any atom is -0.383 e. The van der Waals surface area contributed by atoms with Gasteiger partial charge in [0.05, 0.1) is 17.1 Å². The number of nitriles is 1. The van der Waals surface area contributed by atoms with Crippen LogP contribution >= 0.6 is 0 Å². The molecule has 0 unspecified atom stereocenters. The van der Waals surface area contributed by atoms with Gasteiger partial charge in [-0.15, -0.1) is 0 Å². The summed E-state index contributed by atoms with van der Waals surface area (Å²) in [7, 11) is 0. The van der Waals surface area contributed by atoms with Gasteiger partial charge in [-0.05, 0) is 36.6 Å². The molecule has 2 aromatic heterocycles. The Balaban J connectivity index is 1.70. The number of fused-ring (bicyclic) bond motifs is 2. The fourth-order valence-electron chi connectivity index (χ4n) is 4.19. The first-order chi connectivity index (χ1) is 12.8. The van der Waals surface area contributed by atoms with E-state index in [1.807, 2.05) is 41.2 Å². The second-order valence-electron chi connectivity index (χ2n) is 6.85. The number of aromatic nitrogens is 3. The van der Waals surface area contributed by atoms with Crippen molar-refractivity contribution in [3.63, 3.8) is 0 Å². The lowest BCUT2D eigenvalue weighted by atomic mass is 9.83. The lowest BCUT2D eigenvalue weighted by Crippen LogP contribution is -2.40. The van der Waals surface area contributed by atoms with E-state index in [0.717, 1.165) is 54.1 Å². The van der Waals surface area contributed by atoms with Crippen LogP contribution < -0.4 is 10.6 Å². The molecule has 3 aliphatic heterocycles. The van der Waals surface area contributed by atoms with Gasteiger partial charge in [-0.1, -0.05) is 12.1 Å². The molecule has 0 saturated carbocycles. The average Bonchev–Trinajstić information content (AvgIpc) is 3.23. The van der Waals surface area contributed by atoms with Crippen molar-refractivity contribution >= 4 is 11.5 Å². The standard InChI is InChI=1S/C20H18N6/c21-12-16-17(13-2-4-15(5-3-13)26-9-1-8-23-26)19-18(24-20(16)22)14-6-10-25(19)11-7-14/h1-5,8-9,14H,6-7,10-11H2,(H2,22,24). The molecule has 2 N–H and O–H groups in total. The van der Waals surface area contributed by atoms with Crippen molar-refractivity contribution in [1.29, 1.82) is 5.26 Å². The van der Waals surface area contributed by atoms with Crippen LogP contribution in [0.2, 0.25) is 0 Å². The van der Waals surface area contributed by atoms with E-state index in [1.54, 1.807) is 6.20 Å². The molecular formula is C20H18N6. The van der Waals surface area contributed by atoms with Crippen LogP contribution in [0.15, 0.2) is 42.7 Å². The zero-order valence-corrected chi connectivity index (χ0v) is 14.3. The Morgan fingerprint density at radius 2 is 1.92 bits per heavy atom. The Hall–Kier alpha value is -3.33. The Bertz CT molecular complexity index is 1010. The van der Waals surface area contributed by atoms with Gasteiger partial charge in [0.15, 0.2) is 0 Å². The lowest BCUT2D eigenvalue weighted by Gasteiger charge is -2.42. The highest BCUT2D eigenvalue weighted by Crippen LogP contribution is 2.48. The number of rotatable bonds is 2. The van der Waals surface area contributed by atoms with E-state index in [2.05, 4.69) is 21.1 Å². The maximum absolute atomic E-state index is 9.73. The molecule has 6 heteroatoms. The smallest absolute Gasteiger partial charge is 0.142 e. The van der Waals surface area contributed by atoms with Crippen molar-refractivity contribution in [2.24, 2.45) is 0 Å². The molecule has 0 radical (unpaired) electrons. The van der Waals surface area contributed by atoms with Gasteiger partial charge in [0, 0.05) is 37.0 Å². The summed E-state index contributed by atoms with van der Waals surface area (Å²) in [5, 5.41) is 14.0. The summed E-state index contributed by atoms with van der Waals surface area (Å²) in [5.41, 5.74) is 11.7. The molecular weight excluding hydrogens is 324 g/mol. The molecule has 0 atom stereocenters. The topological polar surface area (TPSA) is 83.8 Å². The van der Waals surface area contributed by atoms with E-state index >= 15 is 0 Å². The number of hydrogen-bond donors (Lipinski definition) is 1. The molecule has 1 saturated heterocycles. The first kappa shape index (κ1) is 15.0. The Morgan fingerprint density at radius 3 is 2.58 bits per heavy atom. The van der Waals surface area contributed by atoms with Crippen LogP contribution in [0, 0.1) is 11.3 Å². The normalized spacial score (nSPS) is 15.7. The molecule has 3 aromatic rings. The largest absolute Gasteiger partial charge is 0.383 e. The third-order valence-corrected chi connectivity index (χ3v) is 5.46. The highest BCUT2D eigenvalue weighted by molar-refractivity contribution is 5.89. The molecule has 5 heterocycles. The fraction of sp³-hybridized carbons (Fsp3) is 0.250. The summed E-state index contributed by atoms with van der Waals surface area (Å²) in [6.45, 7) is 2.04. The number of benzene rings is 1. The predicted molar refractivity (Wildman–Crippen MR) is 100 cm³/mol. The molecule has 26 heavy (non-hydrogen) atoms. The highest BCUT2D eigenvalue weighted by atomic mass is 15.3. The van der Waals surface area contributed by atoms with E-state index in [-0.39, 0.29) is 0 Å². The average molecular weight is 342 g/mol. The minimum absolute atomic E-state index is 0.339. The minimum atomic E-state index is 0.339. The molecule has 3 aliphatic rings. The van der Waals surface area contributed by atoms with E-state index in [1.165, 1.54) is 0 Å². The van der Waals surface area contributed by atoms with Crippen molar-refractivity contribution in [1.82, 2.24) is 14.8 Å². The SMILES string of the molecule is N#Cc1c(N)nc2c(c1-c1ccc(-n3cccn3)cc1)N1CCC2CC1. The van der Waals surface area contributed by atoms with E-state index in [9.17, 15) is 5.26 Å². The Kier molecular flexibility index (Phi) is 3.22. The summed E-state index contributed by atoms with van der Waals surface area (Å²) in [4.78, 5) is 6.97. The molecule has 0 aliphatic carbocycles. The van der Waals surface area contributed by atoms with Crippen LogP contribution in [0.25, 0.3) is 16.8 Å². The van der Waals surface area contributed by atoms with Crippen LogP contribution in [0.4, 0.5) is 11.5 Å². The third kappa shape index (κ3) is 2.10. The summed E-state index contributed by atoms with van der Waals surface area (Å²) >= 11 is 0. The van der Waals surface area contributed by atoms with Crippen molar-refractivity contribution in [3.8, 4) is 22.9 Å². The monoisotopic (exact) mass is 342 g/mol. The Morgan fingerprint density at radius 1 is 1.15 bits per heavy atom. The van der Waals surface area contributed by atoms with Gasteiger partial charge in [0.25, 0.3) is 0 Å². The van der Waals surface area contributed by atoms with Crippen molar-refractivity contribution < 1.29 is 0 Å². The summed E-state index contributed by atoms with van der Waals surface area (Å²) in [6.07, 6.45) is 5.89. The molecule has 128 valence electrons. The van der Waals surface area contributed by atoms with E-state index in [0.29, 0.717) is 17.3 Å². The first-order valence-electron chi connectivity index (χ1n) is 8.85. The molecule has 6 nitrogen and oxygen atoms in total. The number of pyridine rings is 1. The van der Waals surface area contributed by atoms with Crippen molar-refractivity contribution in [2.45, 2.75) is 18.8 Å². The zero-order valence-electron chi connectivity index (χ0n) is 14.3. The quantitative estimate of drug-likeness (QED) is 0.774. The Labute approximate surface area is 151 Å². The maximum Gasteiger partial charge on any atom is 0.142 e. The van der Waals surface area contributed by atoms with Crippen LogP contribution in [0.5, 0.6) is 0 Å². The van der Waals surface area contributed by atoms with Crippen LogP contribution in [0.3, 0.4) is 0 Å². The van der Waals surface area contributed by atoms with Crippen molar-refractivity contribution in [3.05, 3.63) is 54.0 Å².